The number of hydrogen-bond donors (Lipinski definition) is 1. The Hall–Kier alpha value is -2.49. The summed E-state index contributed by atoms with van der Waals surface area (Å²) in [5.41, 5.74) is 2.57. The van der Waals surface area contributed by atoms with Crippen LogP contribution in [0.3, 0.4) is 0 Å². The third-order valence-corrected chi connectivity index (χ3v) is 4.47. The largest absolute Gasteiger partial charge is 0.494 e. The summed E-state index contributed by atoms with van der Waals surface area (Å²) >= 11 is 0. The molecule has 0 fully saturated rings. The maximum Gasteiger partial charge on any atom is 0.317 e. The number of hydrogen-bond acceptors (Lipinski definition) is 2. The summed E-state index contributed by atoms with van der Waals surface area (Å²) in [7, 11) is 0. The number of carbonyl (C=O) groups is 1. The zero-order chi connectivity index (χ0) is 19.7. The normalized spacial score (nSPS) is 11.1. The number of nitrogens with zero attached hydrogens (tertiary/aromatic N) is 1. The molecule has 4 heteroatoms. The Morgan fingerprint density at radius 2 is 1.70 bits per heavy atom. The molecule has 27 heavy (non-hydrogen) atoms. The molecule has 0 aliphatic rings. The van der Waals surface area contributed by atoms with Crippen LogP contribution in [0.5, 0.6) is 5.75 Å². The van der Waals surface area contributed by atoms with Gasteiger partial charge in [-0.25, -0.2) is 4.79 Å². The summed E-state index contributed by atoms with van der Waals surface area (Å²) in [4.78, 5) is 14.1. The highest BCUT2D eigenvalue weighted by Gasteiger charge is 2.13. The molecule has 0 unspecified atom stereocenters. The highest BCUT2D eigenvalue weighted by Crippen LogP contribution is 2.24. The zero-order valence-corrected chi connectivity index (χ0v) is 17.0. The van der Waals surface area contributed by atoms with Gasteiger partial charge in [-0.3, -0.25) is 0 Å². The number of ether oxygens (including phenoxy) is 1. The van der Waals surface area contributed by atoms with E-state index in [1.165, 1.54) is 5.56 Å². The maximum absolute atomic E-state index is 12.3. The molecule has 0 radical (unpaired) electrons. The Labute approximate surface area is 163 Å². The highest BCUT2D eigenvalue weighted by molar-refractivity contribution is 5.74. The molecule has 0 aliphatic carbocycles. The molecule has 2 aromatic rings. The number of nitrogens with one attached hydrogen (secondary N) is 1. The minimum Gasteiger partial charge on any atom is -0.494 e. The van der Waals surface area contributed by atoms with Crippen LogP contribution in [0.2, 0.25) is 0 Å². The SMILES string of the molecule is CCN(Cc1ccccc1)C(=O)NCCCOc1ccc(C(C)(C)C)cc1. The average molecular weight is 369 g/mol. The van der Waals surface area contributed by atoms with Crippen LogP contribution >= 0.6 is 0 Å². The van der Waals surface area contributed by atoms with Crippen LogP contribution in [0.1, 0.15) is 45.2 Å². The van der Waals surface area contributed by atoms with Crippen molar-refractivity contribution < 1.29 is 9.53 Å². The fourth-order valence-electron chi connectivity index (χ4n) is 2.75. The van der Waals surface area contributed by atoms with Crippen molar-refractivity contribution in [2.24, 2.45) is 0 Å². The van der Waals surface area contributed by atoms with Crippen LogP contribution in [-0.4, -0.2) is 30.6 Å². The van der Waals surface area contributed by atoms with Gasteiger partial charge in [0.2, 0.25) is 0 Å². The molecular weight excluding hydrogens is 336 g/mol. The van der Waals surface area contributed by atoms with E-state index in [1.807, 2.05) is 49.4 Å². The summed E-state index contributed by atoms with van der Waals surface area (Å²) in [5, 5.41) is 2.98. The first-order valence-corrected chi connectivity index (χ1v) is 9.70. The van der Waals surface area contributed by atoms with E-state index in [-0.39, 0.29) is 11.4 Å². The van der Waals surface area contributed by atoms with Gasteiger partial charge in [0.15, 0.2) is 0 Å². The van der Waals surface area contributed by atoms with Crippen molar-refractivity contribution in [3.8, 4) is 5.75 Å². The van der Waals surface area contributed by atoms with E-state index in [1.54, 1.807) is 4.90 Å². The Morgan fingerprint density at radius 1 is 1.04 bits per heavy atom. The van der Waals surface area contributed by atoms with Gasteiger partial charge in [-0.2, -0.15) is 0 Å². The van der Waals surface area contributed by atoms with Crippen molar-refractivity contribution in [2.75, 3.05) is 19.7 Å². The summed E-state index contributed by atoms with van der Waals surface area (Å²) in [6.45, 7) is 11.1. The summed E-state index contributed by atoms with van der Waals surface area (Å²) in [5.74, 6) is 0.869. The standard InChI is InChI=1S/C23H32N2O2/c1-5-25(18-19-10-7-6-8-11-19)22(26)24-16-9-17-27-21-14-12-20(13-15-21)23(2,3)4/h6-8,10-15H,5,9,16-18H2,1-4H3,(H,24,26). The van der Waals surface area contributed by atoms with Crippen LogP contribution < -0.4 is 10.1 Å². The molecule has 0 heterocycles. The van der Waals surface area contributed by atoms with Gasteiger partial charge in [0.25, 0.3) is 0 Å². The molecule has 1 N–H and O–H groups in total. The summed E-state index contributed by atoms with van der Waals surface area (Å²) in [6.07, 6.45) is 0.773. The average Bonchev–Trinajstić information content (AvgIpc) is 2.66. The molecule has 0 spiro atoms. The third-order valence-electron chi connectivity index (χ3n) is 4.47. The zero-order valence-electron chi connectivity index (χ0n) is 17.0. The summed E-state index contributed by atoms with van der Waals surface area (Å²) < 4.78 is 5.77. The van der Waals surface area contributed by atoms with E-state index in [2.05, 4.69) is 38.2 Å². The van der Waals surface area contributed by atoms with Crippen LogP contribution in [0.4, 0.5) is 4.79 Å². The molecular formula is C23H32N2O2. The molecule has 0 aliphatic heterocycles. The topological polar surface area (TPSA) is 41.6 Å². The van der Waals surface area contributed by atoms with Gasteiger partial charge in [-0.05, 0) is 42.0 Å². The molecule has 2 rings (SSSR count). The van der Waals surface area contributed by atoms with E-state index in [9.17, 15) is 4.79 Å². The lowest BCUT2D eigenvalue weighted by molar-refractivity contribution is 0.197. The maximum atomic E-state index is 12.3. The first kappa shape index (κ1) is 20.8. The number of benzene rings is 2. The van der Waals surface area contributed by atoms with E-state index in [0.717, 1.165) is 17.7 Å². The Bertz CT molecular complexity index is 691. The molecule has 0 atom stereocenters. The van der Waals surface area contributed by atoms with Crippen molar-refractivity contribution in [3.63, 3.8) is 0 Å². The van der Waals surface area contributed by atoms with Gasteiger partial charge >= 0.3 is 6.03 Å². The second kappa shape index (κ2) is 10.0. The van der Waals surface area contributed by atoms with Crippen LogP contribution in [0.15, 0.2) is 54.6 Å². The van der Waals surface area contributed by atoms with E-state index in [4.69, 9.17) is 4.74 Å². The van der Waals surface area contributed by atoms with Crippen LogP contribution in [0, 0.1) is 0 Å². The number of urea groups is 1. The lowest BCUT2D eigenvalue weighted by Gasteiger charge is -2.21. The smallest absolute Gasteiger partial charge is 0.317 e. The van der Waals surface area contributed by atoms with Crippen LogP contribution in [0.25, 0.3) is 0 Å². The van der Waals surface area contributed by atoms with Gasteiger partial charge in [-0.15, -0.1) is 0 Å². The van der Waals surface area contributed by atoms with Crippen LogP contribution in [-0.2, 0) is 12.0 Å². The van der Waals surface area contributed by atoms with E-state index >= 15 is 0 Å². The second-order valence-electron chi connectivity index (χ2n) is 7.71. The lowest BCUT2D eigenvalue weighted by atomic mass is 9.87. The Morgan fingerprint density at radius 3 is 2.30 bits per heavy atom. The minimum absolute atomic E-state index is 0.0316. The molecule has 0 saturated carbocycles. The number of carbonyl (C=O) groups excluding carboxylic acids is 1. The van der Waals surface area contributed by atoms with Gasteiger partial charge in [0, 0.05) is 19.6 Å². The van der Waals surface area contributed by atoms with Crippen molar-refractivity contribution in [2.45, 2.75) is 46.1 Å². The molecule has 0 aromatic heterocycles. The summed E-state index contributed by atoms with van der Waals surface area (Å²) in [6, 6.07) is 18.3. The van der Waals surface area contributed by atoms with Crippen molar-refractivity contribution in [1.82, 2.24) is 10.2 Å². The van der Waals surface area contributed by atoms with Crippen molar-refractivity contribution in [3.05, 3.63) is 65.7 Å². The predicted molar refractivity (Wildman–Crippen MR) is 111 cm³/mol. The second-order valence-corrected chi connectivity index (χ2v) is 7.71. The predicted octanol–water partition coefficient (Wildman–Crippen LogP) is 4.98. The first-order valence-electron chi connectivity index (χ1n) is 9.70. The molecule has 146 valence electrons. The van der Waals surface area contributed by atoms with Crippen molar-refractivity contribution in [1.29, 1.82) is 0 Å². The molecule has 0 saturated heterocycles. The Balaban J connectivity index is 1.69. The lowest BCUT2D eigenvalue weighted by Crippen LogP contribution is -2.40. The number of amides is 2. The first-order chi connectivity index (χ1) is 12.9. The molecule has 0 bridgehead atoms. The highest BCUT2D eigenvalue weighted by atomic mass is 16.5. The van der Waals surface area contributed by atoms with Gasteiger partial charge < -0.3 is 15.0 Å². The minimum atomic E-state index is -0.0316. The van der Waals surface area contributed by atoms with E-state index < -0.39 is 0 Å². The number of rotatable bonds is 8. The van der Waals surface area contributed by atoms with Crippen molar-refractivity contribution >= 4 is 6.03 Å². The molecule has 2 amide bonds. The van der Waals surface area contributed by atoms with Gasteiger partial charge in [-0.1, -0.05) is 63.2 Å². The molecule has 4 nitrogen and oxygen atoms in total. The fourth-order valence-corrected chi connectivity index (χ4v) is 2.75. The Kier molecular flexibility index (Phi) is 7.71. The quantitative estimate of drug-likeness (QED) is 0.667. The van der Waals surface area contributed by atoms with Gasteiger partial charge in [0.05, 0.1) is 6.61 Å². The fraction of sp³-hybridized carbons (Fsp3) is 0.435. The monoisotopic (exact) mass is 368 g/mol. The third kappa shape index (κ3) is 6.97. The van der Waals surface area contributed by atoms with E-state index in [0.29, 0.717) is 26.2 Å². The van der Waals surface area contributed by atoms with Gasteiger partial charge in [0.1, 0.15) is 5.75 Å². The molecule has 2 aromatic carbocycles.